The van der Waals surface area contributed by atoms with Crippen molar-refractivity contribution in [3.05, 3.63) is 38.4 Å². The van der Waals surface area contributed by atoms with E-state index in [1.54, 1.807) is 0 Å². The van der Waals surface area contributed by atoms with E-state index in [1.807, 2.05) is 6.92 Å². The summed E-state index contributed by atoms with van der Waals surface area (Å²) in [6.07, 6.45) is 3.05. The van der Waals surface area contributed by atoms with Crippen molar-refractivity contribution in [3.63, 3.8) is 0 Å². The molecule has 0 fully saturated rings. The number of unbranched alkanes of at least 4 members (excludes halogenated alkanes) is 2. The third-order valence-electron chi connectivity index (χ3n) is 3.11. The summed E-state index contributed by atoms with van der Waals surface area (Å²) in [5, 5.41) is 24.1. The summed E-state index contributed by atoms with van der Waals surface area (Å²) in [6.45, 7) is 3.88. The average Bonchev–Trinajstić information content (AvgIpc) is 2.46. The number of nitro benzene ring substituents is 2. The maximum atomic E-state index is 11.7. The Labute approximate surface area is 132 Å². The van der Waals surface area contributed by atoms with Gasteiger partial charge in [0.2, 0.25) is 0 Å². The van der Waals surface area contributed by atoms with Crippen LogP contribution in [0.5, 0.6) is 5.75 Å². The molecular weight excluding hydrogens is 306 g/mol. The van der Waals surface area contributed by atoms with Gasteiger partial charge in [0.25, 0.3) is 11.4 Å². The van der Waals surface area contributed by atoms with E-state index in [4.69, 9.17) is 4.74 Å². The molecular formula is C14H19N3O6. The Balaban J connectivity index is 2.73. The predicted octanol–water partition coefficient (Wildman–Crippen LogP) is 3.56. The van der Waals surface area contributed by atoms with E-state index >= 15 is 0 Å². The number of carbonyl (C=O) groups excluding carboxylic acids is 1. The van der Waals surface area contributed by atoms with Gasteiger partial charge in [-0.1, -0.05) is 26.2 Å². The molecule has 1 aromatic rings. The lowest BCUT2D eigenvalue weighted by atomic mass is 10.1. The summed E-state index contributed by atoms with van der Waals surface area (Å²) >= 11 is 0. The maximum absolute atomic E-state index is 11.7. The summed E-state index contributed by atoms with van der Waals surface area (Å²) in [7, 11) is 0. The fourth-order valence-electron chi connectivity index (χ4n) is 1.95. The number of nitrogens with zero attached hydrogens (tertiary/aromatic N) is 2. The fourth-order valence-corrected chi connectivity index (χ4v) is 1.95. The molecule has 0 spiro atoms. The highest BCUT2D eigenvalue weighted by Gasteiger charge is 2.19. The minimum absolute atomic E-state index is 0.122. The van der Waals surface area contributed by atoms with Crippen molar-refractivity contribution in [2.75, 3.05) is 0 Å². The average molecular weight is 325 g/mol. The highest BCUT2D eigenvalue weighted by molar-refractivity contribution is 5.71. The number of ether oxygens (including phenoxy) is 1. The number of nitro groups is 2. The van der Waals surface area contributed by atoms with Crippen LogP contribution in [-0.2, 0) is 0 Å². The van der Waals surface area contributed by atoms with Gasteiger partial charge in [0.05, 0.1) is 28.0 Å². The van der Waals surface area contributed by atoms with Gasteiger partial charge in [0.1, 0.15) is 5.75 Å². The Morgan fingerprint density at radius 2 is 1.74 bits per heavy atom. The quantitative estimate of drug-likeness (QED) is 0.442. The lowest BCUT2D eigenvalue weighted by Gasteiger charge is -2.13. The minimum atomic E-state index is -0.802. The van der Waals surface area contributed by atoms with Crippen LogP contribution in [0, 0.1) is 20.2 Å². The first-order valence-corrected chi connectivity index (χ1v) is 7.25. The van der Waals surface area contributed by atoms with Gasteiger partial charge in [-0.25, -0.2) is 4.79 Å². The largest absolute Gasteiger partial charge is 0.412 e. The molecule has 0 saturated carbocycles. The Morgan fingerprint density at radius 3 is 2.22 bits per heavy atom. The standard InChI is InChI=1S/C14H19N3O6/c1-3-4-5-6-10(2)15-14(18)23-13-8-11(16(19)20)7-12(9-13)17(21)22/h7-10H,3-6H2,1-2H3,(H,15,18). The smallest absolute Gasteiger partial charge is 0.410 e. The fraction of sp³-hybridized carbons (Fsp3) is 0.500. The summed E-state index contributed by atoms with van der Waals surface area (Å²) in [4.78, 5) is 31.7. The van der Waals surface area contributed by atoms with Crippen molar-refractivity contribution in [2.24, 2.45) is 0 Å². The van der Waals surface area contributed by atoms with Gasteiger partial charge >= 0.3 is 6.09 Å². The molecule has 0 aliphatic rings. The number of nitrogens with one attached hydrogen (secondary N) is 1. The summed E-state index contributed by atoms with van der Waals surface area (Å²) in [5.74, 6) is -0.246. The Morgan fingerprint density at radius 1 is 1.17 bits per heavy atom. The molecule has 23 heavy (non-hydrogen) atoms. The molecule has 1 N–H and O–H groups in total. The van der Waals surface area contributed by atoms with Gasteiger partial charge in [0.15, 0.2) is 0 Å². The highest BCUT2D eigenvalue weighted by Crippen LogP contribution is 2.27. The Kier molecular flexibility index (Phi) is 6.91. The molecule has 0 bridgehead atoms. The van der Waals surface area contributed by atoms with Crippen molar-refractivity contribution >= 4 is 17.5 Å². The molecule has 0 radical (unpaired) electrons. The predicted molar refractivity (Wildman–Crippen MR) is 82.5 cm³/mol. The number of benzene rings is 1. The second kappa shape index (κ2) is 8.66. The van der Waals surface area contributed by atoms with Crippen molar-refractivity contribution < 1.29 is 19.4 Å². The van der Waals surface area contributed by atoms with E-state index < -0.39 is 27.3 Å². The third-order valence-corrected chi connectivity index (χ3v) is 3.11. The van der Waals surface area contributed by atoms with Crippen molar-refractivity contribution in [3.8, 4) is 5.75 Å². The number of rotatable bonds is 8. The molecule has 0 aliphatic carbocycles. The maximum Gasteiger partial charge on any atom is 0.412 e. The summed E-state index contributed by atoms with van der Waals surface area (Å²) in [5.41, 5.74) is -1.03. The van der Waals surface area contributed by atoms with Gasteiger partial charge in [-0.15, -0.1) is 0 Å². The van der Waals surface area contributed by atoms with Crippen LogP contribution < -0.4 is 10.1 Å². The van der Waals surface area contributed by atoms with Gasteiger partial charge < -0.3 is 10.1 Å². The monoisotopic (exact) mass is 325 g/mol. The van der Waals surface area contributed by atoms with Gasteiger partial charge in [-0.2, -0.15) is 0 Å². The van der Waals surface area contributed by atoms with E-state index in [0.717, 1.165) is 43.9 Å². The van der Waals surface area contributed by atoms with Crippen LogP contribution in [0.15, 0.2) is 18.2 Å². The second-order valence-corrected chi connectivity index (χ2v) is 5.13. The van der Waals surface area contributed by atoms with Crippen LogP contribution in [0.3, 0.4) is 0 Å². The molecule has 1 aromatic carbocycles. The van der Waals surface area contributed by atoms with Crippen LogP contribution in [0.25, 0.3) is 0 Å². The number of amides is 1. The normalized spacial score (nSPS) is 11.6. The third kappa shape index (κ3) is 6.29. The van der Waals surface area contributed by atoms with E-state index in [2.05, 4.69) is 12.2 Å². The zero-order valence-electron chi connectivity index (χ0n) is 13.0. The topological polar surface area (TPSA) is 125 Å². The van der Waals surface area contributed by atoms with E-state index in [1.165, 1.54) is 0 Å². The number of non-ortho nitro benzene ring substituents is 2. The number of hydrogen-bond donors (Lipinski definition) is 1. The molecule has 0 aliphatic heterocycles. The first kappa shape index (κ1) is 18.3. The van der Waals surface area contributed by atoms with Crippen LogP contribution in [0.1, 0.15) is 39.5 Å². The second-order valence-electron chi connectivity index (χ2n) is 5.13. The first-order valence-electron chi connectivity index (χ1n) is 7.25. The van der Waals surface area contributed by atoms with Crippen LogP contribution >= 0.6 is 0 Å². The molecule has 9 nitrogen and oxygen atoms in total. The molecule has 126 valence electrons. The van der Waals surface area contributed by atoms with Crippen LogP contribution in [-0.4, -0.2) is 22.0 Å². The molecule has 0 saturated heterocycles. The lowest BCUT2D eigenvalue weighted by molar-refractivity contribution is -0.394. The van der Waals surface area contributed by atoms with Gasteiger partial charge in [0, 0.05) is 6.04 Å². The van der Waals surface area contributed by atoms with E-state index in [9.17, 15) is 25.0 Å². The van der Waals surface area contributed by atoms with E-state index in [-0.39, 0.29) is 11.8 Å². The molecule has 1 atom stereocenters. The Hall–Kier alpha value is -2.71. The molecule has 9 heteroatoms. The molecule has 0 aromatic heterocycles. The van der Waals surface area contributed by atoms with E-state index in [0.29, 0.717) is 0 Å². The summed E-state index contributed by atoms with van der Waals surface area (Å²) in [6, 6.07) is 2.61. The number of carbonyl (C=O) groups is 1. The molecule has 0 heterocycles. The van der Waals surface area contributed by atoms with Crippen LogP contribution in [0.4, 0.5) is 16.2 Å². The minimum Gasteiger partial charge on any atom is -0.410 e. The van der Waals surface area contributed by atoms with Gasteiger partial charge in [-0.3, -0.25) is 20.2 Å². The Bertz CT molecular complexity index is 558. The van der Waals surface area contributed by atoms with Crippen LogP contribution in [0.2, 0.25) is 0 Å². The van der Waals surface area contributed by atoms with Crippen molar-refractivity contribution in [1.82, 2.24) is 5.32 Å². The highest BCUT2D eigenvalue weighted by atomic mass is 16.6. The lowest BCUT2D eigenvalue weighted by Crippen LogP contribution is -2.34. The first-order chi connectivity index (χ1) is 10.8. The molecule has 1 amide bonds. The number of hydrogen-bond acceptors (Lipinski definition) is 6. The van der Waals surface area contributed by atoms with Crippen molar-refractivity contribution in [1.29, 1.82) is 0 Å². The van der Waals surface area contributed by atoms with Gasteiger partial charge in [-0.05, 0) is 13.3 Å². The molecule has 1 rings (SSSR count). The van der Waals surface area contributed by atoms with Crippen molar-refractivity contribution in [2.45, 2.75) is 45.6 Å². The summed E-state index contributed by atoms with van der Waals surface area (Å²) < 4.78 is 4.91. The zero-order valence-corrected chi connectivity index (χ0v) is 13.0. The molecule has 1 unspecified atom stereocenters. The zero-order chi connectivity index (χ0) is 17.4. The SMILES string of the molecule is CCCCCC(C)NC(=O)Oc1cc([N+](=O)[O-])cc([N+](=O)[O-])c1.